The Morgan fingerprint density at radius 2 is 1.94 bits per heavy atom. The number of ether oxygens (including phenoxy) is 3. The molecule has 1 heterocycles. The molecule has 1 saturated heterocycles. The van der Waals surface area contributed by atoms with E-state index in [1.807, 2.05) is 13.0 Å². The third-order valence-electron chi connectivity index (χ3n) is 10.3. The van der Waals surface area contributed by atoms with Gasteiger partial charge >= 0.3 is 5.97 Å². The van der Waals surface area contributed by atoms with Crippen LogP contribution in [0.5, 0.6) is 0 Å². The SMILES string of the molecule is CC(=O)OCC(=O)[C@@]12OCO[C@@H]1CC1C3C[C@H](C)C4=CC(=O)C=CC4(C)[C@@]3(C)C(O)CC12C. The van der Waals surface area contributed by atoms with Crippen LogP contribution in [0, 0.1) is 34.0 Å². The Morgan fingerprint density at radius 1 is 1.21 bits per heavy atom. The fourth-order valence-corrected chi connectivity index (χ4v) is 8.48. The maximum atomic E-state index is 13.5. The van der Waals surface area contributed by atoms with Crippen LogP contribution in [0.25, 0.3) is 0 Å². The Morgan fingerprint density at radius 3 is 2.64 bits per heavy atom. The number of ketones is 2. The molecule has 0 spiro atoms. The first-order chi connectivity index (χ1) is 15.4. The molecule has 180 valence electrons. The molecule has 0 bridgehead atoms. The summed E-state index contributed by atoms with van der Waals surface area (Å²) in [6, 6.07) is 0. The Balaban J connectivity index is 1.59. The first-order valence-corrected chi connectivity index (χ1v) is 12.0. The second kappa shape index (κ2) is 7.09. The number of carbonyl (C=O) groups excluding carboxylic acids is 3. The van der Waals surface area contributed by atoms with Crippen molar-refractivity contribution in [1.82, 2.24) is 0 Å². The predicted octanol–water partition coefficient (Wildman–Crippen LogP) is 2.76. The summed E-state index contributed by atoms with van der Waals surface area (Å²) >= 11 is 0. The van der Waals surface area contributed by atoms with Crippen molar-refractivity contribution >= 4 is 17.5 Å². The molecular weight excluding hydrogens is 424 g/mol. The lowest BCUT2D eigenvalue weighted by molar-refractivity contribution is -0.215. The Bertz CT molecular complexity index is 983. The quantitative estimate of drug-likeness (QED) is 0.649. The third-order valence-corrected chi connectivity index (χ3v) is 10.3. The van der Waals surface area contributed by atoms with Gasteiger partial charge < -0.3 is 19.3 Å². The van der Waals surface area contributed by atoms with Crippen molar-refractivity contribution in [3.8, 4) is 0 Å². The maximum absolute atomic E-state index is 13.5. The summed E-state index contributed by atoms with van der Waals surface area (Å²) in [7, 11) is 0. The van der Waals surface area contributed by atoms with Crippen LogP contribution in [0.1, 0.15) is 53.9 Å². The molecule has 0 aromatic carbocycles. The summed E-state index contributed by atoms with van der Waals surface area (Å²) < 4.78 is 17.1. The van der Waals surface area contributed by atoms with Gasteiger partial charge in [0.25, 0.3) is 0 Å². The highest BCUT2D eigenvalue weighted by Crippen LogP contribution is 2.73. The van der Waals surface area contributed by atoms with Gasteiger partial charge in [0.05, 0.1) is 12.2 Å². The highest BCUT2D eigenvalue weighted by atomic mass is 16.7. The zero-order valence-corrected chi connectivity index (χ0v) is 20.1. The van der Waals surface area contributed by atoms with Crippen LogP contribution in [0.2, 0.25) is 0 Å². The maximum Gasteiger partial charge on any atom is 0.303 e. The average molecular weight is 459 g/mol. The first-order valence-electron chi connectivity index (χ1n) is 12.0. The molecule has 33 heavy (non-hydrogen) atoms. The van der Waals surface area contributed by atoms with Crippen LogP contribution in [0.15, 0.2) is 23.8 Å². The van der Waals surface area contributed by atoms with Crippen molar-refractivity contribution < 1.29 is 33.7 Å². The van der Waals surface area contributed by atoms with Gasteiger partial charge in [0.15, 0.2) is 18.0 Å². The molecule has 0 radical (unpaired) electrons. The molecule has 1 aliphatic heterocycles. The van der Waals surface area contributed by atoms with Gasteiger partial charge in [-0.2, -0.15) is 0 Å². The molecule has 4 aliphatic carbocycles. The minimum absolute atomic E-state index is 0.00117. The summed E-state index contributed by atoms with van der Waals surface area (Å²) in [6.07, 6.45) is 6.06. The second-order valence-electron chi connectivity index (χ2n) is 11.4. The van der Waals surface area contributed by atoms with E-state index in [1.54, 1.807) is 12.2 Å². The number of hydrogen-bond donors (Lipinski definition) is 1. The zero-order valence-electron chi connectivity index (χ0n) is 20.1. The Hall–Kier alpha value is -1.83. The number of fused-ring (bicyclic) bond motifs is 7. The van der Waals surface area contributed by atoms with Gasteiger partial charge in [-0.05, 0) is 49.2 Å². The van der Waals surface area contributed by atoms with Crippen molar-refractivity contribution in [2.24, 2.45) is 34.0 Å². The lowest BCUT2D eigenvalue weighted by Gasteiger charge is -2.66. The fourth-order valence-electron chi connectivity index (χ4n) is 8.48. The number of hydrogen-bond acceptors (Lipinski definition) is 7. The molecular formula is C26H34O7. The zero-order chi connectivity index (χ0) is 24.0. The van der Waals surface area contributed by atoms with Crippen LogP contribution >= 0.6 is 0 Å². The number of aliphatic hydroxyl groups is 1. The monoisotopic (exact) mass is 458 g/mol. The molecule has 0 aromatic heterocycles. The molecule has 1 N–H and O–H groups in total. The van der Waals surface area contributed by atoms with Gasteiger partial charge in [-0.3, -0.25) is 14.4 Å². The lowest BCUT2D eigenvalue weighted by Crippen LogP contribution is -2.67. The highest BCUT2D eigenvalue weighted by molar-refractivity contribution is 6.01. The summed E-state index contributed by atoms with van der Waals surface area (Å²) in [5, 5.41) is 11.8. The molecule has 7 heteroatoms. The van der Waals surface area contributed by atoms with Gasteiger partial charge in [-0.15, -0.1) is 0 Å². The smallest absolute Gasteiger partial charge is 0.303 e. The predicted molar refractivity (Wildman–Crippen MR) is 118 cm³/mol. The van der Waals surface area contributed by atoms with E-state index < -0.39 is 40.0 Å². The van der Waals surface area contributed by atoms with Gasteiger partial charge in [-0.1, -0.05) is 39.3 Å². The van der Waals surface area contributed by atoms with Crippen molar-refractivity contribution in [3.63, 3.8) is 0 Å². The minimum Gasteiger partial charge on any atom is -0.458 e. The van der Waals surface area contributed by atoms with Crippen LogP contribution in [0.4, 0.5) is 0 Å². The third kappa shape index (κ3) is 2.64. The number of carbonyl (C=O) groups is 3. The van der Waals surface area contributed by atoms with Crippen LogP contribution < -0.4 is 0 Å². The van der Waals surface area contributed by atoms with Gasteiger partial charge in [-0.25, -0.2) is 0 Å². The second-order valence-corrected chi connectivity index (χ2v) is 11.4. The molecule has 5 unspecified atom stereocenters. The van der Waals surface area contributed by atoms with Gasteiger partial charge in [0, 0.05) is 23.2 Å². The van der Waals surface area contributed by atoms with Crippen molar-refractivity contribution in [2.75, 3.05) is 13.4 Å². The fraction of sp³-hybridized carbons (Fsp3) is 0.731. The molecule has 7 nitrogen and oxygen atoms in total. The van der Waals surface area contributed by atoms with Crippen LogP contribution in [-0.4, -0.2) is 53.9 Å². The van der Waals surface area contributed by atoms with Crippen molar-refractivity contribution in [2.45, 2.75) is 71.7 Å². The molecule has 3 saturated carbocycles. The molecule has 0 amide bonds. The number of allylic oxidation sites excluding steroid dienone is 4. The van der Waals surface area contributed by atoms with E-state index in [-0.39, 0.29) is 42.7 Å². The summed E-state index contributed by atoms with van der Waals surface area (Å²) in [4.78, 5) is 37.1. The number of aliphatic hydroxyl groups excluding tert-OH is 1. The number of esters is 1. The van der Waals surface area contributed by atoms with E-state index >= 15 is 0 Å². The Labute approximate surface area is 194 Å². The molecule has 4 fully saturated rings. The van der Waals surface area contributed by atoms with Crippen LogP contribution in [-0.2, 0) is 28.6 Å². The molecule has 5 rings (SSSR count). The van der Waals surface area contributed by atoms with Gasteiger partial charge in [0.1, 0.15) is 6.79 Å². The molecule has 9 atom stereocenters. The van der Waals surface area contributed by atoms with E-state index in [9.17, 15) is 19.5 Å². The largest absolute Gasteiger partial charge is 0.458 e. The van der Waals surface area contributed by atoms with E-state index in [2.05, 4.69) is 20.8 Å². The van der Waals surface area contributed by atoms with Crippen molar-refractivity contribution in [3.05, 3.63) is 23.8 Å². The van der Waals surface area contributed by atoms with Crippen LogP contribution in [0.3, 0.4) is 0 Å². The Kier molecular flexibility index (Phi) is 4.93. The normalized spacial score (nSPS) is 50.1. The number of Topliss-reactive ketones (excluding diaryl/α,β-unsaturated/α-hetero) is 1. The van der Waals surface area contributed by atoms with Crippen molar-refractivity contribution in [1.29, 1.82) is 0 Å². The van der Waals surface area contributed by atoms with Gasteiger partial charge in [0.2, 0.25) is 5.78 Å². The van der Waals surface area contributed by atoms with E-state index in [0.29, 0.717) is 12.8 Å². The standard InChI is InChI=1S/C26H34O7/c1-14-8-19-18-10-22-26(33-13-32-22,21(30)12-31-15(2)27)24(18,4)11-20(29)25(19,5)23(3)7-6-16(28)9-17(14)23/h6-7,9,14,18-20,22,29H,8,10-13H2,1-5H3/t14-,18?,19?,20?,22+,23?,24?,25+,26+/m0/s1. The average Bonchev–Trinajstić information content (AvgIpc) is 3.27. The highest BCUT2D eigenvalue weighted by Gasteiger charge is 2.77. The summed E-state index contributed by atoms with van der Waals surface area (Å²) in [5.41, 5.74) is -1.79. The topological polar surface area (TPSA) is 99.1 Å². The van der Waals surface area contributed by atoms with E-state index in [0.717, 1.165) is 12.0 Å². The number of rotatable bonds is 3. The molecule has 5 aliphatic rings. The van der Waals surface area contributed by atoms with E-state index in [1.165, 1.54) is 6.92 Å². The van der Waals surface area contributed by atoms with E-state index in [4.69, 9.17) is 14.2 Å². The summed E-state index contributed by atoms with van der Waals surface area (Å²) in [5.74, 6) is -0.468. The summed E-state index contributed by atoms with van der Waals surface area (Å²) in [6.45, 7) is 9.41. The lowest BCUT2D eigenvalue weighted by atomic mass is 9.38. The first kappa shape index (κ1) is 22.9. The minimum atomic E-state index is -1.24. The molecule has 0 aromatic rings.